The van der Waals surface area contributed by atoms with Crippen molar-refractivity contribution in [1.82, 2.24) is 9.78 Å². The summed E-state index contributed by atoms with van der Waals surface area (Å²) in [5, 5.41) is 6.94. The summed E-state index contributed by atoms with van der Waals surface area (Å²) in [5.74, 6) is -0.182. The number of anilines is 1. The van der Waals surface area contributed by atoms with E-state index in [0.717, 1.165) is 0 Å². The lowest BCUT2D eigenvalue weighted by molar-refractivity contribution is -0.119. The van der Waals surface area contributed by atoms with Crippen LogP contribution in [0.15, 0.2) is 36.7 Å². The molecule has 0 saturated carbocycles. The zero-order chi connectivity index (χ0) is 13.7. The van der Waals surface area contributed by atoms with Crippen LogP contribution in [0.1, 0.15) is 11.1 Å². The van der Waals surface area contributed by atoms with E-state index in [4.69, 9.17) is 4.74 Å². The summed E-state index contributed by atoms with van der Waals surface area (Å²) in [4.78, 5) is 11.4. The third-order valence-corrected chi connectivity index (χ3v) is 2.79. The van der Waals surface area contributed by atoms with Crippen molar-refractivity contribution >= 4 is 11.6 Å². The molecule has 0 unspecified atom stereocenters. The number of carbonyl (C=O) groups excluding carboxylic acids is 1. The number of ether oxygens (including phenoxy) is 1. The highest BCUT2D eigenvalue weighted by atomic mass is 16.5. The molecule has 5 nitrogen and oxygen atoms in total. The van der Waals surface area contributed by atoms with Crippen molar-refractivity contribution in [1.29, 1.82) is 0 Å². The predicted molar refractivity (Wildman–Crippen MR) is 73.0 cm³/mol. The Kier molecular flexibility index (Phi) is 4.30. The molecule has 0 spiro atoms. The first kappa shape index (κ1) is 13.3. The summed E-state index contributed by atoms with van der Waals surface area (Å²) in [5.41, 5.74) is 3.11. The molecule has 1 aromatic carbocycles. The zero-order valence-electron chi connectivity index (χ0n) is 11.1. The van der Waals surface area contributed by atoms with Crippen LogP contribution in [0.3, 0.4) is 0 Å². The summed E-state index contributed by atoms with van der Waals surface area (Å²) in [6.07, 6.45) is 3.44. The molecule has 0 radical (unpaired) electrons. The number of hydrogen-bond acceptors (Lipinski definition) is 3. The molecule has 0 atom stereocenters. The lowest BCUT2D eigenvalue weighted by atomic mass is 10.1. The number of aromatic nitrogens is 2. The predicted octanol–water partition coefficient (Wildman–Crippen LogP) is 1.82. The van der Waals surface area contributed by atoms with Gasteiger partial charge in [-0.1, -0.05) is 24.3 Å². The summed E-state index contributed by atoms with van der Waals surface area (Å²) >= 11 is 0. The molecule has 0 bridgehead atoms. The average molecular weight is 259 g/mol. The maximum Gasteiger partial charge on any atom is 0.250 e. The lowest BCUT2D eigenvalue weighted by Gasteiger charge is -2.05. The normalized spacial score (nSPS) is 10.4. The maximum atomic E-state index is 11.4. The number of carbonyl (C=O) groups is 1. The molecular formula is C14H17N3O2. The SMILES string of the molecule is COCC(=O)Nc1cnn(Cc2ccccc2C)c1. The van der Waals surface area contributed by atoms with Crippen LogP contribution in [0.25, 0.3) is 0 Å². The van der Waals surface area contributed by atoms with Crippen LogP contribution in [-0.2, 0) is 16.1 Å². The first-order valence-electron chi connectivity index (χ1n) is 6.05. The number of amides is 1. The third kappa shape index (κ3) is 3.66. The van der Waals surface area contributed by atoms with Gasteiger partial charge in [-0.2, -0.15) is 5.10 Å². The Morgan fingerprint density at radius 3 is 2.95 bits per heavy atom. The van der Waals surface area contributed by atoms with E-state index >= 15 is 0 Å². The highest BCUT2D eigenvalue weighted by molar-refractivity contribution is 5.91. The van der Waals surface area contributed by atoms with Crippen molar-refractivity contribution in [3.8, 4) is 0 Å². The van der Waals surface area contributed by atoms with Gasteiger partial charge in [0.1, 0.15) is 6.61 Å². The number of rotatable bonds is 5. The van der Waals surface area contributed by atoms with Crippen LogP contribution in [0, 0.1) is 6.92 Å². The standard InChI is InChI=1S/C14H17N3O2/c1-11-5-3-4-6-12(11)8-17-9-13(7-15-17)16-14(18)10-19-2/h3-7,9H,8,10H2,1-2H3,(H,16,18). The highest BCUT2D eigenvalue weighted by Crippen LogP contribution is 2.11. The Balaban J connectivity index is 2.02. The summed E-state index contributed by atoms with van der Waals surface area (Å²) in [6.45, 7) is 2.80. The second-order valence-corrected chi connectivity index (χ2v) is 4.33. The molecule has 1 heterocycles. The number of nitrogens with one attached hydrogen (secondary N) is 1. The largest absolute Gasteiger partial charge is 0.375 e. The van der Waals surface area contributed by atoms with Crippen molar-refractivity contribution in [2.75, 3.05) is 19.0 Å². The quantitative estimate of drug-likeness (QED) is 0.891. The van der Waals surface area contributed by atoms with Gasteiger partial charge in [-0.25, -0.2) is 0 Å². The smallest absolute Gasteiger partial charge is 0.250 e. The minimum absolute atomic E-state index is 0.0446. The minimum atomic E-state index is -0.182. The van der Waals surface area contributed by atoms with Gasteiger partial charge in [-0.3, -0.25) is 9.48 Å². The van der Waals surface area contributed by atoms with Gasteiger partial charge in [0, 0.05) is 13.3 Å². The van der Waals surface area contributed by atoms with Crippen molar-refractivity contribution in [3.63, 3.8) is 0 Å². The summed E-state index contributed by atoms with van der Waals surface area (Å²) < 4.78 is 6.55. The molecule has 1 amide bonds. The van der Waals surface area contributed by atoms with Crippen molar-refractivity contribution < 1.29 is 9.53 Å². The Morgan fingerprint density at radius 2 is 2.21 bits per heavy atom. The van der Waals surface area contributed by atoms with Crippen LogP contribution in [0.2, 0.25) is 0 Å². The molecule has 0 saturated heterocycles. The first-order valence-corrected chi connectivity index (χ1v) is 6.05. The van der Waals surface area contributed by atoms with Crippen LogP contribution in [-0.4, -0.2) is 29.4 Å². The van der Waals surface area contributed by atoms with Crippen molar-refractivity contribution in [2.45, 2.75) is 13.5 Å². The fraction of sp³-hybridized carbons (Fsp3) is 0.286. The van der Waals surface area contributed by atoms with E-state index in [2.05, 4.69) is 29.5 Å². The number of nitrogens with zero attached hydrogens (tertiary/aromatic N) is 2. The van der Waals surface area contributed by atoms with E-state index in [1.54, 1.807) is 17.1 Å². The zero-order valence-corrected chi connectivity index (χ0v) is 11.1. The van der Waals surface area contributed by atoms with E-state index in [1.165, 1.54) is 18.2 Å². The average Bonchev–Trinajstić information content (AvgIpc) is 2.80. The summed E-state index contributed by atoms with van der Waals surface area (Å²) in [7, 11) is 1.49. The fourth-order valence-electron chi connectivity index (χ4n) is 1.80. The molecule has 5 heteroatoms. The van der Waals surface area contributed by atoms with Gasteiger partial charge >= 0.3 is 0 Å². The van der Waals surface area contributed by atoms with Crippen LogP contribution < -0.4 is 5.32 Å². The fourth-order valence-corrected chi connectivity index (χ4v) is 1.80. The number of benzene rings is 1. The topological polar surface area (TPSA) is 56.1 Å². The highest BCUT2D eigenvalue weighted by Gasteiger charge is 2.05. The molecule has 0 fully saturated rings. The Bertz CT molecular complexity index is 563. The lowest BCUT2D eigenvalue weighted by Crippen LogP contribution is -2.16. The van der Waals surface area contributed by atoms with E-state index in [0.29, 0.717) is 12.2 Å². The second-order valence-electron chi connectivity index (χ2n) is 4.33. The monoisotopic (exact) mass is 259 g/mol. The van der Waals surface area contributed by atoms with Gasteiger partial charge in [-0.15, -0.1) is 0 Å². The van der Waals surface area contributed by atoms with Gasteiger partial charge in [0.25, 0.3) is 0 Å². The molecule has 0 aliphatic carbocycles. The Morgan fingerprint density at radius 1 is 1.42 bits per heavy atom. The maximum absolute atomic E-state index is 11.4. The van der Waals surface area contributed by atoms with Gasteiger partial charge < -0.3 is 10.1 Å². The Labute approximate surface area is 112 Å². The van der Waals surface area contributed by atoms with E-state index < -0.39 is 0 Å². The van der Waals surface area contributed by atoms with Crippen LogP contribution >= 0.6 is 0 Å². The number of hydrogen-bond donors (Lipinski definition) is 1. The Hall–Kier alpha value is -2.14. The van der Waals surface area contributed by atoms with Gasteiger partial charge in [0.2, 0.25) is 5.91 Å². The van der Waals surface area contributed by atoms with Crippen molar-refractivity contribution in [2.24, 2.45) is 0 Å². The van der Waals surface area contributed by atoms with Gasteiger partial charge in [-0.05, 0) is 18.1 Å². The van der Waals surface area contributed by atoms with Crippen LogP contribution in [0.4, 0.5) is 5.69 Å². The number of methoxy groups -OCH3 is 1. The third-order valence-electron chi connectivity index (χ3n) is 2.79. The molecule has 2 aromatic rings. The molecule has 1 aromatic heterocycles. The molecule has 0 aliphatic heterocycles. The molecule has 19 heavy (non-hydrogen) atoms. The van der Waals surface area contributed by atoms with Gasteiger partial charge in [0.15, 0.2) is 0 Å². The first-order chi connectivity index (χ1) is 9.19. The molecule has 1 N–H and O–H groups in total. The summed E-state index contributed by atoms with van der Waals surface area (Å²) in [6, 6.07) is 8.16. The van der Waals surface area contributed by atoms with Gasteiger partial charge in [0.05, 0.1) is 18.4 Å². The van der Waals surface area contributed by atoms with Crippen molar-refractivity contribution in [3.05, 3.63) is 47.8 Å². The minimum Gasteiger partial charge on any atom is -0.375 e. The van der Waals surface area contributed by atoms with E-state index in [-0.39, 0.29) is 12.5 Å². The van der Waals surface area contributed by atoms with E-state index in [1.807, 2.05) is 12.1 Å². The number of aryl methyl sites for hydroxylation is 1. The molecule has 2 rings (SSSR count). The molecule has 0 aliphatic rings. The van der Waals surface area contributed by atoms with E-state index in [9.17, 15) is 4.79 Å². The molecular weight excluding hydrogens is 242 g/mol. The second kappa shape index (κ2) is 6.15. The molecule has 100 valence electrons. The van der Waals surface area contributed by atoms with Crippen LogP contribution in [0.5, 0.6) is 0 Å².